The van der Waals surface area contributed by atoms with Gasteiger partial charge in [-0.2, -0.15) is 0 Å². The third kappa shape index (κ3) is 3.97. The van der Waals surface area contributed by atoms with Crippen LogP contribution in [0.1, 0.15) is 0 Å². The van der Waals surface area contributed by atoms with Gasteiger partial charge in [-0.15, -0.1) is 0 Å². The molecule has 0 amide bonds. The molecular weight excluding hydrogens is 569 g/mol. The summed E-state index contributed by atoms with van der Waals surface area (Å²) in [5, 5.41) is 12.3. The van der Waals surface area contributed by atoms with E-state index in [9.17, 15) is 0 Å². The van der Waals surface area contributed by atoms with Crippen LogP contribution in [-0.2, 0) is 0 Å². The number of hydrogen-bond acceptors (Lipinski definition) is 1. The monoisotopic (exact) mass is 596 g/mol. The number of furan rings is 1. The summed E-state index contributed by atoms with van der Waals surface area (Å²) in [7, 11) is 0. The van der Waals surface area contributed by atoms with Gasteiger partial charge in [0.25, 0.3) is 0 Å². The molecule has 1 nitrogen and oxygen atoms in total. The first-order chi connectivity index (χ1) is 23.3. The summed E-state index contributed by atoms with van der Waals surface area (Å²) in [6.45, 7) is 0. The average molecular weight is 597 g/mol. The van der Waals surface area contributed by atoms with Crippen LogP contribution < -0.4 is 0 Å². The maximum atomic E-state index is 6.27. The van der Waals surface area contributed by atoms with Gasteiger partial charge in [-0.25, -0.2) is 0 Å². The summed E-state index contributed by atoms with van der Waals surface area (Å²) in [5.41, 5.74) is 9.33. The number of benzene rings is 9. The molecule has 0 radical (unpaired) electrons. The van der Waals surface area contributed by atoms with Crippen LogP contribution in [0.3, 0.4) is 0 Å². The van der Waals surface area contributed by atoms with Gasteiger partial charge in [-0.05, 0) is 101 Å². The molecular formula is C46H28O. The van der Waals surface area contributed by atoms with E-state index >= 15 is 0 Å². The normalized spacial score (nSPS) is 11.8. The van der Waals surface area contributed by atoms with Gasteiger partial charge in [0.05, 0.1) is 0 Å². The second kappa shape index (κ2) is 10.2. The molecule has 1 heterocycles. The van der Waals surface area contributed by atoms with Crippen LogP contribution in [-0.4, -0.2) is 0 Å². The molecule has 0 saturated heterocycles. The van der Waals surface area contributed by atoms with E-state index in [0.717, 1.165) is 16.6 Å². The second-order valence-electron chi connectivity index (χ2n) is 12.4. The molecule has 0 aliphatic rings. The zero-order chi connectivity index (χ0) is 30.9. The van der Waals surface area contributed by atoms with Crippen LogP contribution >= 0.6 is 0 Å². The van der Waals surface area contributed by atoms with Crippen LogP contribution in [0.15, 0.2) is 174 Å². The quantitative estimate of drug-likeness (QED) is 0.185. The summed E-state index contributed by atoms with van der Waals surface area (Å²) in [5.74, 6) is 0. The molecule has 218 valence electrons. The number of rotatable bonds is 3. The minimum absolute atomic E-state index is 0.923. The van der Waals surface area contributed by atoms with Gasteiger partial charge in [0.2, 0.25) is 0 Å². The summed E-state index contributed by atoms with van der Waals surface area (Å²) >= 11 is 0. The van der Waals surface area contributed by atoms with Crippen molar-refractivity contribution in [3.8, 4) is 33.4 Å². The number of fused-ring (bicyclic) bond motifs is 8. The van der Waals surface area contributed by atoms with Gasteiger partial charge in [0, 0.05) is 10.8 Å². The van der Waals surface area contributed by atoms with Gasteiger partial charge in [0.1, 0.15) is 11.2 Å². The van der Waals surface area contributed by atoms with E-state index in [1.807, 2.05) is 6.07 Å². The van der Waals surface area contributed by atoms with Crippen LogP contribution in [0.4, 0.5) is 0 Å². The Morgan fingerprint density at radius 1 is 0.298 bits per heavy atom. The summed E-state index contributed by atoms with van der Waals surface area (Å²) in [4.78, 5) is 0. The summed E-state index contributed by atoms with van der Waals surface area (Å²) in [6, 6.07) is 61.6. The van der Waals surface area contributed by atoms with E-state index in [1.165, 1.54) is 81.9 Å². The van der Waals surface area contributed by atoms with E-state index in [2.05, 4.69) is 164 Å². The first-order valence-electron chi connectivity index (χ1n) is 16.2. The minimum atomic E-state index is 0.923. The molecule has 0 unspecified atom stereocenters. The Kier molecular flexibility index (Phi) is 5.64. The molecule has 9 aromatic carbocycles. The van der Waals surface area contributed by atoms with Crippen molar-refractivity contribution in [2.45, 2.75) is 0 Å². The maximum absolute atomic E-state index is 6.27. The lowest BCUT2D eigenvalue weighted by atomic mass is 9.84. The highest BCUT2D eigenvalue weighted by molar-refractivity contribution is 6.26. The SMILES string of the molecule is c1ccc(-c2ccc3cc(-c4c5ccccc5c(-c5cccc6c5ccc5oc7ccccc7c56)c5ccccc45)ccc3c2)cc1. The molecule has 0 spiro atoms. The Morgan fingerprint density at radius 3 is 1.60 bits per heavy atom. The lowest BCUT2D eigenvalue weighted by Gasteiger charge is -2.19. The molecule has 0 aliphatic carbocycles. The van der Waals surface area contributed by atoms with Gasteiger partial charge in [-0.1, -0.05) is 146 Å². The highest BCUT2D eigenvalue weighted by Crippen LogP contribution is 2.47. The highest BCUT2D eigenvalue weighted by atomic mass is 16.3. The molecule has 47 heavy (non-hydrogen) atoms. The minimum Gasteiger partial charge on any atom is -0.456 e. The lowest BCUT2D eigenvalue weighted by Crippen LogP contribution is -1.92. The Morgan fingerprint density at radius 2 is 0.872 bits per heavy atom. The smallest absolute Gasteiger partial charge is 0.136 e. The molecule has 10 aromatic rings. The van der Waals surface area contributed by atoms with Crippen molar-refractivity contribution < 1.29 is 4.42 Å². The predicted molar refractivity (Wildman–Crippen MR) is 200 cm³/mol. The molecule has 0 fully saturated rings. The van der Waals surface area contributed by atoms with Crippen LogP contribution in [0.2, 0.25) is 0 Å². The molecule has 10 rings (SSSR count). The Bertz CT molecular complexity index is 2780. The van der Waals surface area contributed by atoms with Crippen molar-refractivity contribution in [3.63, 3.8) is 0 Å². The van der Waals surface area contributed by atoms with E-state index in [0.29, 0.717) is 0 Å². The van der Waals surface area contributed by atoms with E-state index in [-0.39, 0.29) is 0 Å². The average Bonchev–Trinajstić information content (AvgIpc) is 3.53. The lowest BCUT2D eigenvalue weighted by molar-refractivity contribution is 0.669. The zero-order valence-corrected chi connectivity index (χ0v) is 25.6. The number of para-hydroxylation sites is 1. The van der Waals surface area contributed by atoms with Crippen molar-refractivity contribution in [1.29, 1.82) is 0 Å². The first kappa shape index (κ1) is 26.1. The van der Waals surface area contributed by atoms with Gasteiger partial charge < -0.3 is 4.42 Å². The predicted octanol–water partition coefficient (Wildman–Crippen LogP) is 13.2. The Balaban J connectivity index is 1.24. The van der Waals surface area contributed by atoms with Crippen molar-refractivity contribution in [2.75, 3.05) is 0 Å². The molecule has 0 atom stereocenters. The Hall–Kier alpha value is -6.18. The van der Waals surface area contributed by atoms with E-state index < -0.39 is 0 Å². The first-order valence-corrected chi connectivity index (χ1v) is 16.2. The largest absolute Gasteiger partial charge is 0.456 e. The summed E-state index contributed by atoms with van der Waals surface area (Å²) in [6.07, 6.45) is 0. The van der Waals surface area contributed by atoms with Crippen LogP contribution in [0.5, 0.6) is 0 Å². The zero-order valence-electron chi connectivity index (χ0n) is 25.6. The van der Waals surface area contributed by atoms with Gasteiger partial charge >= 0.3 is 0 Å². The molecule has 0 saturated carbocycles. The fourth-order valence-electron chi connectivity index (χ4n) is 7.74. The second-order valence-corrected chi connectivity index (χ2v) is 12.4. The Labute approximate surface area is 271 Å². The van der Waals surface area contributed by atoms with Crippen molar-refractivity contribution in [2.24, 2.45) is 0 Å². The molecule has 0 bridgehead atoms. The van der Waals surface area contributed by atoms with Gasteiger partial charge in [-0.3, -0.25) is 0 Å². The third-order valence-electron chi connectivity index (χ3n) is 9.84. The molecule has 0 aliphatic heterocycles. The number of hydrogen-bond donors (Lipinski definition) is 0. The van der Waals surface area contributed by atoms with E-state index in [4.69, 9.17) is 4.42 Å². The van der Waals surface area contributed by atoms with E-state index in [1.54, 1.807) is 0 Å². The standard InChI is InChI=1S/C46H28O/c1-2-11-29(12-3-1)30-21-22-32-28-33(24-23-31(32)27-30)44-37-13-4-6-15-39(37)45(40-16-7-5-14-38(40)44)35-18-10-19-36-34(35)25-26-43-46(36)41-17-8-9-20-42(41)47-43/h1-28H. The van der Waals surface area contributed by atoms with Crippen molar-refractivity contribution in [1.82, 2.24) is 0 Å². The van der Waals surface area contributed by atoms with Crippen molar-refractivity contribution >= 4 is 65.0 Å². The van der Waals surface area contributed by atoms with Crippen molar-refractivity contribution in [3.05, 3.63) is 170 Å². The van der Waals surface area contributed by atoms with Gasteiger partial charge in [0.15, 0.2) is 0 Å². The highest BCUT2D eigenvalue weighted by Gasteiger charge is 2.19. The topological polar surface area (TPSA) is 13.1 Å². The molecule has 0 N–H and O–H groups in total. The maximum Gasteiger partial charge on any atom is 0.136 e. The molecule has 1 heteroatoms. The fourth-order valence-corrected chi connectivity index (χ4v) is 7.74. The molecule has 1 aromatic heterocycles. The fraction of sp³-hybridized carbons (Fsp3) is 0. The third-order valence-corrected chi connectivity index (χ3v) is 9.84. The summed E-state index contributed by atoms with van der Waals surface area (Å²) < 4.78 is 6.27. The van der Waals surface area contributed by atoms with Crippen LogP contribution in [0, 0.1) is 0 Å². The van der Waals surface area contributed by atoms with Crippen LogP contribution in [0.25, 0.3) is 98.4 Å².